The molecule has 0 aliphatic rings. The summed E-state index contributed by atoms with van der Waals surface area (Å²) in [5.41, 5.74) is 0.598. The Hall–Kier alpha value is -0.670. The third-order valence-electron chi connectivity index (χ3n) is 2.09. The van der Waals surface area contributed by atoms with Gasteiger partial charge in [-0.3, -0.25) is 4.79 Å². The number of aliphatic carboxylic acids is 1. The largest absolute Gasteiger partial charge is 0.508 e. The number of hydrogen-bond donors (Lipinski definition) is 4. The minimum absolute atomic E-state index is 0.0137. The lowest BCUT2D eigenvalue weighted by Crippen LogP contribution is -2.36. The van der Waals surface area contributed by atoms with E-state index in [0.29, 0.717) is 5.56 Å². The van der Waals surface area contributed by atoms with Gasteiger partial charge < -0.3 is 15.1 Å². The number of aromatic hydroxyl groups is 1. The molecule has 0 spiro atoms. The number of carboxylic acid groups (broad SMARTS) is 1. The zero-order chi connectivity index (χ0) is 13.8. The van der Waals surface area contributed by atoms with Gasteiger partial charge in [-0.1, -0.05) is 12.1 Å². The Morgan fingerprint density at radius 2 is 2.00 bits per heavy atom. The number of carboxylic acids is 1. The molecule has 1 aromatic rings. The predicted molar refractivity (Wildman–Crippen MR) is 71.3 cm³/mol. The van der Waals surface area contributed by atoms with E-state index < -0.39 is 19.8 Å². The smallest absolute Gasteiger partial charge is 0.413 e. The van der Waals surface area contributed by atoms with E-state index in [1.165, 1.54) is 47.3 Å². The molecule has 2 atom stereocenters. The van der Waals surface area contributed by atoms with Crippen molar-refractivity contribution in [3.63, 3.8) is 0 Å². The topological polar surface area (TPSA) is 116 Å². The molecule has 0 radical (unpaired) electrons. The van der Waals surface area contributed by atoms with Gasteiger partial charge >= 0.3 is 13.7 Å². The van der Waals surface area contributed by atoms with E-state index in [1.54, 1.807) is 0 Å². The molecule has 1 aromatic carbocycles. The fourth-order valence-electron chi connectivity index (χ4n) is 1.27. The van der Waals surface area contributed by atoms with Crippen molar-refractivity contribution in [3.8, 4) is 5.75 Å². The molecule has 4 N–H and O–H groups in total. The Labute approximate surface area is 117 Å². The summed E-state index contributed by atoms with van der Waals surface area (Å²) in [6.07, 6.45) is -0.0137. The van der Waals surface area contributed by atoms with Gasteiger partial charge in [-0.2, -0.15) is 0 Å². The molecule has 0 heterocycles. The van der Waals surface area contributed by atoms with Gasteiger partial charge in [0, 0.05) is 0 Å². The first-order valence-electron chi connectivity index (χ1n) is 4.75. The van der Waals surface area contributed by atoms with Crippen LogP contribution in [0.15, 0.2) is 24.3 Å². The van der Waals surface area contributed by atoms with Gasteiger partial charge in [0.2, 0.25) is 0 Å². The van der Waals surface area contributed by atoms with E-state index in [1.807, 2.05) is 5.09 Å². The average Bonchev–Trinajstić information content (AvgIpc) is 2.31. The Bertz CT molecular complexity index is 465. The quantitative estimate of drug-likeness (QED) is 0.431. The first-order chi connectivity index (χ1) is 8.34. The highest BCUT2D eigenvalue weighted by Gasteiger charge is 2.28. The van der Waals surface area contributed by atoms with E-state index in [2.05, 4.69) is 2.85 Å². The van der Waals surface area contributed by atoms with E-state index >= 15 is 0 Å². The SMILES string of the molecule is O=C(O)[C@H](Cc1ccc(O)cc1)NP(=O)(O)OI. The molecule has 100 valence electrons. The Morgan fingerprint density at radius 1 is 1.44 bits per heavy atom. The van der Waals surface area contributed by atoms with Gasteiger partial charge in [0.25, 0.3) is 0 Å². The zero-order valence-corrected chi connectivity index (χ0v) is 12.0. The summed E-state index contributed by atoms with van der Waals surface area (Å²) in [5.74, 6) is -1.21. The van der Waals surface area contributed by atoms with Gasteiger partial charge in [-0.25, -0.2) is 12.5 Å². The molecule has 9 heteroatoms. The second-order valence-corrected chi connectivity index (χ2v) is 6.10. The molecule has 0 saturated heterocycles. The first-order valence-corrected chi connectivity index (χ1v) is 7.21. The Morgan fingerprint density at radius 3 is 2.44 bits per heavy atom. The van der Waals surface area contributed by atoms with Crippen LogP contribution in [0.5, 0.6) is 5.75 Å². The maximum atomic E-state index is 11.3. The third kappa shape index (κ3) is 4.91. The van der Waals surface area contributed by atoms with Crippen molar-refractivity contribution in [2.75, 3.05) is 0 Å². The highest BCUT2D eigenvalue weighted by molar-refractivity contribution is 14.1. The molecule has 0 bridgehead atoms. The maximum Gasteiger partial charge on any atom is 0.413 e. The van der Waals surface area contributed by atoms with Crippen LogP contribution in [0.2, 0.25) is 0 Å². The van der Waals surface area contributed by atoms with Crippen LogP contribution in [-0.2, 0) is 18.6 Å². The fourth-order valence-corrected chi connectivity index (χ4v) is 2.25. The molecule has 0 amide bonds. The van der Waals surface area contributed by atoms with Gasteiger partial charge in [0.1, 0.15) is 34.8 Å². The summed E-state index contributed by atoms with van der Waals surface area (Å²) < 4.78 is 15.5. The lowest BCUT2D eigenvalue weighted by atomic mass is 10.1. The third-order valence-corrected chi connectivity index (χ3v) is 4.51. The minimum atomic E-state index is -4.12. The van der Waals surface area contributed by atoms with Crippen LogP contribution in [0, 0.1) is 0 Å². The molecular weight excluding hydrogens is 376 g/mol. The highest BCUT2D eigenvalue weighted by Crippen LogP contribution is 2.40. The summed E-state index contributed by atoms with van der Waals surface area (Å²) in [6, 6.07) is 4.60. The van der Waals surface area contributed by atoms with Crippen LogP contribution in [0.1, 0.15) is 5.56 Å². The van der Waals surface area contributed by atoms with E-state index in [9.17, 15) is 14.3 Å². The van der Waals surface area contributed by atoms with Crippen LogP contribution in [-0.4, -0.2) is 27.1 Å². The van der Waals surface area contributed by atoms with Gasteiger partial charge in [-0.05, 0) is 24.1 Å². The zero-order valence-electron chi connectivity index (χ0n) is 8.99. The van der Waals surface area contributed by atoms with E-state index in [0.717, 1.165) is 0 Å². The normalized spacial score (nSPS) is 15.9. The minimum Gasteiger partial charge on any atom is -0.508 e. The number of carbonyl (C=O) groups is 1. The van der Waals surface area contributed by atoms with Crippen LogP contribution < -0.4 is 5.09 Å². The molecule has 0 saturated carbocycles. The summed E-state index contributed by atoms with van der Waals surface area (Å²) >= 11 is 1.22. The van der Waals surface area contributed by atoms with Crippen molar-refractivity contribution in [3.05, 3.63) is 29.8 Å². The summed E-state index contributed by atoms with van der Waals surface area (Å²) in [7, 11) is -4.12. The van der Waals surface area contributed by atoms with E-state index in [-0.39, 0.29) is 12.2 Å². The highest BCUT2D eigenvalue weighted by atomic mass is 127. The number of phenols is 1. The molecule has 18 heavy (non-hydrogen) atoms. The number of phenolic OH excluding ortho intramolecular Hbond substituents is 1. The molecule has 0 aromatic heterocycles. The van der Waals surface area contributed by atoms with Gasteiger partial charge in [0.15, 0.2) is 0 Å². The molecule has 0 fully saturated rings. The molecule has 1 rings (SSSR count). The Balaban J connectivity index is 2.78. The maximum absolute atomic E-state index is 11.3. The molecule has 1 unspecified atom stereocenters. The number of halogens is 1. The van der Waals surface area contributed by atoms with Gasteiger partial charge in [0.05, 0.1) is 0 Å². The first kappa shape index (κ1) is 15.4. The Kier molecular flexibility index (Phi) is 5.54. The summed E-state index contributed by atoms with van der Waals surface area (Å²) in [4.78, 5) is 20.1. The predicted octanol–water partition coefficient (Wildman–Crippen LogP) is 1.44. The number of rotatable bonds is 6. The van der Waals surface area contributed by atoms with Crippen LogP contribution in [0.3, 0.4) is 0 Å². The van der Waals surface area contributed by atoms with Crippen molar-refractivity contribution in [1.29, 1.82) is 0 Å². The van der Waals surface area contributed by atoms with Gasteiger partial charge in [-0.15, -0.1) is 0 Å². The number of hydrogen-bond acceptors (Lipinski definition) is 4. The molecule has 0 aliphatic heterocycles. The fraction of sp³-hybridized carbons (Fsp3) is 0.222. The molecule has 0 aliphatic carbocycles. The second kappa shape index (κ2) is 6.48. The summed E-state index contributed by atoms with van der Waals surface area (Å²) in [5, 5.41) is 20.1. The van der Waals surface area contributed by atoms with Crippen molar-refractivity contribution in [2.45, 2.75) is 12.5 Å². The monoisotopic (exact) mass is 387 g/mol. The average molecular weight is 387 g/mol. The van der Waals surface area contributed by atoms with Crippen LogP contribution >= 0.6 is 30.8 Å². The number of nitrogens with one attached hydrogen (secondary N) is 1. The van der Waals surface area contributed by atoms with Crippen molar-refractivity contribution in [1.82, 2.24) is 5.09 Å². The van der Waals surface area contributed by atoms with Crippen molar-refractivity contribution < 1.29 is 27.3 Å². The standard InChI is InChI=1S/C9H11INO6P/c10-17-18(15,16)11-8(9(13)14)5-6-1-3-7(12)4-2-6/h1-4,8,12H,5H2,(H,13,14)(H2,11,15,16)/t8-/m0/s1. The van der Waals surface area contributed by atoms with Crippen molar-refractivity contribution >= 4 is 36.7 Å². The lowest BCUT2D eigenvalue weighted by molar-refractivity contribution is -0.139. The summed E-state index contributed by atoms with van der Waals surface area (Å²) in [6.45, 7) is 0. The van der Waals surface area contributed by atoms with Crippen LogP contribution in [0.25, 0.3) is 0 Å². The van der Waals surface area contributed by atoms with Crippen molar-refractivity contribution in [2.24, 2.45) is 0 Å². The molecular formula is C9H11INO6P. The number of benzene rings is 1. The van der Waals surface area contributed by atoms with Crippen LogP contribution in [0.4, 0.5) is 0 Å². The second-order valence-electron chi connectivity index (χ2n) is 3.48. The molecule has 7 nitrogen and oxygen atoms in total. The lowest BCUT2D eigenvalue weighted by Gasteiger charge is -2.16. The van der Waals surface area contributed by atoms with E-state index in [4.69, 9.17) is 10.2 Å².